The Kier molecular flexibility index (Phi) is 5.26. The van der Waals surface area contributed by atoms with Gasteiger partial charge >= 0.3 is 0 Å². The summed E-state index contributed by atoms with van der Waals surface area (Å²) in [5, 5.41) is 0. The highest BCUT2D eigenvalue weighted by molar-refractivity contribution is 5.95. The quantitative estimate of drug-likeness (QED) is 0.654. The lowest BCUT2D eigenvalue weighted by atomic mass is 10.1. The maximum absolute atomic E-state index is 12.5. The molecule has 1 aromatic rings. The van der Waals surface area contributed by atoms with Gasteiger partial charge in [-0.15, -0.1) is 0 Å². The number of rotatable bonds is 5. The number of nitrogens with zero attached hydrogens (tertiary/aromatic N) is 2. The molecule has 0 aromatic heterocycles. The summed E-state index contributed by atoms with van der Waals surface area (Å²) < 4.78 is 5.08. The van der Waals surface area contributed by atoms with E-state index in [1.807, 2.05) is 37.8 Å². The minimum absolute atomic E-state index is 0.0137. The molecule has 0 spiro atoms. The Hall–Kier alpha value is -2.08. The number of hydrogen-bond acceptors (Lipinski definition) is 5. The molecule has 1 heterocycles. The zero-order valence-corrected chi connectivity index (χ0v) is 14.0. The van der Waals surface area contributed by atoms with E-state index in [0.717, 1.165) is 18.7 Å². The lowest BCUT2D eigenvalue weighted by Gasteiger charge is -2.38. The van der Waals surface area contributed by atoms with Crippen molar-refractivity contribution in [3.05, 3.63) is 29.3 Å². The molecule has 1 fully saturated rings. The van der Waals surface area contributed by atoms with Crippen LogP contribution >= 0.6 is 0 Å². The molecule has 1 aliphatic heterocycles. The highest BCUT2D eigenvalue weighted by Gasteiger charge is 2.27. The van der Waals surface area contributed by atoms with Crippen molar-refractivity contribution >= 4 is 18.1 Å². The minimum atomic E-state index is -0.515. The van der Waals surface area contributed by atoms with E-state index >= 15 is 0 Å². The molecule has 0 bridgehead atoms. The number of nitrogens with two attached hydrogens (primary N) is 1. The van der Waals surface area contributed by atoms with E-state index in [1.165, 1.54) is 0 Å². The molecule has 2 N–H and O–H groups in total. The fourth-order valence-electron chi connectivity index (χ4n) is 2.77. The zero-order valence-electron chi connectivity index (χ0n) is 14.0. The van der Waals surface area contributed by atoms with Crippen LogP contribution in [0, 0.1) is 6.92 Å². The number of hydrogen-bond donors (Lipinski definition) is 1. The molecule has 6 nitrogen and oxygen atoms in total. The number of benzene rings is 1. The minimum Gasteiger partial charge on any atom is -0.461 e. The molecular formula is C17H25N3O3. The first-order chi connectivity index (χ1) is 10.8. The van der Waals surface area contributed by atoms with Gasteiger partial charge in [-0.2, -0.15) is 0 Å². The van der Waals surface area contributed by atoms with Gasteiger partial charge in [0.05, 0.1) is 0 Å². The molecular weight excluding hydrogens is 294 g/mol. The van der Waals surface area contributed by atoms with Crippen molar-refractivity contribution in [3.8, 4) is 0 Å². The van der Waals surface area contributed by atoms with Crippen LogP contribution in [0.4, 0.5) is 5.69 Å². The van der Waals surface area contributed by atoms with Gasteiger partial charge in [-0.3, -0.25) is 14.5 Å². The van der Waals surface area contributed by atoms with Crippen molar-refractivity contribution in [2.24, 2.45) is 0 Å². The molecule has 0 saturated carbocycles. The van der Waals surface area contributed by atoms with Gasteiger partial charge in [0.1, 0.15) is 5.60 Å². The molecule has 6 heteroatoms. The average molecular weight is 319 g/mol. The number of aryl methyl sites for hydroxylation is 1. The SMILES string of the molecule is Cc1ccc(C(=O)N2CCN(CC(C)(C)OC=O)CC2)cc1N. The third kappa shape index (κ3) is 4.45. The second-order valence-corrected chi connectivity index (χ2v) is 6.61. The van der Waals surface area contributed by atoms with Crippen LogP contribution in [0.15, 0.2) is 18.2 Å². The summed E-state index contributed by atoms with van der Waals surface area (Å²) in [6, 6.07) is 5.44. The molecule has 0 aliphatic carbocycles. The number of carbonyl (C=O) groups is 2. The molecule has 2 rings (SSSR count). The predicted molar refractivity (Wildman–Crippen MR) is 89.2 cm³/mol. The van der Waals surface area contributed by atoms with E-state index < -0.39 is 5.60 Å². The standard InChI is InChI=1S/C17H25N3O3/c1-13-4-5-14(10-15(13)18)16(22)20-8-6-19(7-9-20)11-17(2,3)23-12-21/h4-5,10,12H,6-9,11,18H2,1-3H3. The molecule has 0 atom stereocenters. The van der Waals surface area contributed by atoms with Crippen LogP contribution in [0.25, 0.3) is 0 Å². The number of nitrogen functional groups attached to an aromatic ring is 1. The monoisotopic (exact) mass is 319 g/mol. The number of amides is 1. The van der Waals surface area contributed by atoms with E-state index in [1.54, 1.807) is 6.07 Å². The van der Waals surface area contributed by atoms with Crippen molar-refractivity contribution in [1.29, 1.82) is 0 Å². The van der Waals surface area contributed by atoms with Gasteiger partial charge in [-0.25, -0.2) is 0 Å². The van der Waals surface area contributed by atoms with Crippen LogP contribution < -0.4 is 5.73 Å². The second kappa shape index (κ2) is 7.00. The van der Waals surface area contributed by atoms with Crippen molar-refractivity contribution in [2.45, 2.75) is 26.4 Å². The van der Waals surface area contributed by atoms with Gasteiger partial charge in [-0.05, 0) is 38.5 Å². The van der Waals surface area contributed by atoms with Crippen molar-refractivity contribution in [1.82, 2.24) is 9.80 Å². The molecule has 1 aromatic carbocycles. The van der Waals surface area contributed by atoms with Crippen LogP contribution in [0.5, 0.6) is 0 Å². The van der Waals surface area contributed by atoms with Crippen LogP contribution in [0.2, 0.25) is 0 Å². The lowest BCUT2D eigenvalue weighted by Crippen LogP contribution is -2.52. The lowest BCUT2D eigenvalue weighted by molar-refractivity contribution is -0.142. The molecule has 0 radical (unpaired) electrons. The molecule has 23 heavy (non-hydrogen) atoms. The summed E-state index contributed by atoms with van der Waals surface area (Å²) in [6.45, 7) is 9.67. The summed E-state index contributed by atoms with van der Waals surface area (Å²) in [7, 11) is 0. The third-order valence-electron chi connectivity index (χ3n) is 4.16. The largest absolute Gasteiger partial charge is 0.461 e. The topological polar surface area (TPSA) is 75.9 Å². The predicted octanol–water partition coefficient (Wildman–Crippen LogP) is 1.29. The van der Waals surface area contributed by atoms with Gasteiger partial charge < -0.3 is 15.4 Å². The summed E-state index contributed by atoms with van der Waals surface area (Å²) in [6.07, 6.45) is 0. The van der Waals surface area contributed by atoms with E-state index in [0.29, 0.717) is 37.4 Å². The first-order valence-electron chi connectivity index (χ1n) is 7.81. The van der Waals surface area contributed by atoms with E-state index in [4.69, 9.17) is 10.5 Å². The number of piperazine rings is 1. The van der Waals surface area contributed by atoms with Crippen LogP contribution in [0.1, 0.15) is 29.8 Å². The van der Waals surface area contributed by atoms with Crippen LogP contribution in [-0.4, -0.2) is 60.5 Å². The van der Waals surface area contributed by atoms with Gasteiger partial charge in [-0.1, -0.05) is 6.07 Å². The normalized spacial score (nSPS) is 16.2. The third-order valence-corrected chi connectivity index (χ3v) is 4.16. The molecule has 0 unspecified atom stereocenters. The Morgan fingerprint density at radius 2 is 1.96 bits per heavy atom. The van der Waals surface area contributed by atoms with Gasteiger partial charge in [0.25, 0.3) is 12.4 Å². The Labute approximate surface area is 137 Å². The Morgan fingerprint density at radius 3 is 2.52 bits per heavy atom. The number of carbonyl (C=O) groups excluding carboxylic acids is 2. The highest BCUT2D eigenvalue weighted by atomic mass is 16.5. The first kappa shape index (κ1) is 17.3. The maximum Gasteiger partial charge on any atom is 0.293 e. The summed E-state index contributed by atoms with van der Waals surface area (Å²) >= 11 is 0. The van der Waals surface area contributed by atoms with Crippen molar-refractivity contribution in [2.75, 3.05) is 38.5 Å². The summed E-state index contributed by atoms with van der Waals surface area (Å²) in [5.74, 6) is 0.0137. The van der Waals surface area contributed by atoms with Crippen LogP contribution in [0.3, 0.4) is 0 Å². The smallest absolute Gasteiger partial charge is 0.293 e. The fourth-order valence-corrected chi connectivity index (χ4v) is 2.77. The number of ether oxygens (including phenoxy) is 1. The van der Waals surface area contributed by atoms with Gasteiger partial charge in [0, 0.05) is 44.0 Å². The summed E-state index contributed by atoms with van der Waals surface area (Å²) in [4.78, 5) is 27.1. The Balaban J connectivity index is 1.92. The van der Waals surface area contributed by atoms with Gasteiger partial charge in [0.2, 0.25) is 0 Å². The maximum atomic E-state index is 12.5. The van der Waals surface area contributed by atoms with Crippen molar-refractivity contribution < 1.29 is 14.3 Å². The summed E-state index contributed by atoms with van der Waals surface area (Å²) in [5.41, 5.74) is 7.62. The van der Waals surface area contributed by atoms with Gasteiger partial charge in [0.15, 0.2) is 0 Å². The molecule has 1 saturated heterocycles. The Morgan fingerprint density at radius 1 is 1.30 bits per heavy atom. The number of anilines is 1. The fraction of sp³-hybridized carbons (Fsp3) is 0.529. The van der Waals surface area contributed by atoms with E-state index in [-0.39, 0.29) is 5.91 Å². The van der Waals surface area contributed by atoms with Crippen LogP contribution in [-0.2, 0) is 9.53 Å². The zero-order chi connectivity index (χ0) is 17.0. The first-order valence-corrected chi connectivity index (χ1v) is 7.81. The highest BCUT2D eigenvalue weighted by Crippen LogP contribution is 2.17. The second-order valence-electron chi connectivity index (χ2n) is 6.61. The van der Waals surface area contributed by atoms with E-state index in [9.17, 15) is 9.59 Å². The molecule has 1 aliphatic rings. The molecule has 1 amide bonds. The Bertz CT molecular complexity index is 578. The van der Waals surface area contributed by atoms with Crippen molar-refractivity contribution in [3.63, 3.8) is 0 Å². The molecule has 126 valence electrons. The average Bonchev–Trinajstić information content (AvgIpc) is 2.49. The van der Waals surface area contributed by atoms with E-state index in [2.05, 4.69) is 4.90 Å².